The van der Waals surface area contributed by atoms with Gasteiger partial charge in [-0.1, -0.05) is 42.5 Å². The van der Waals surface area contributed by atoms with Crippen LogP contribution in [0.4, 0.5) is 4.79 Å². The molecule has 1 aliphatic heterocycles. The molecule has 0 saturated carbocycles. The van der Waals surface area contributed by atoms with E-state index in [1.807, 2.05) is 49.4 Å². The topological polar surface area (TPSA) is 110 Å². The molecule has 3 aromatic carbocycles. The molecule has 0 radical (unpaired) electrons. The summed E-state index contributed by atoms with van der Waals surface area (Å²) in [6, 6.07) is 16.0. The van der Waals surface area contributed by atoms with E-state index in [2.05, 4.69) is 21.7 Å². The highest BCUT2D eigenvalue weighted by molar-refractivity contribution is 6.20. The average molecular weight is 484 g/mol. The van der Waals surface area contributed by atoms with Gasteiger partial charge in [0, 0.05) is 34.3 Å². The fraction of sp³-hybridized carbons (Fsp3) is 0.250. The second-order valence-electron chi connectivity index (χ2n) is 9.08. The number of amides is 2. The Morgan fingerprint density at radius 1 is 1.11 bits per heavy atom. The van der Waals surface area contributed by atoms with Gasteiger partial charge < -0.3 is 25.1 Å². The maximum Gasteiger partial charge on any atom is 0.407 e. The number of alkyl carbamates (subject to hydrolysis) is 1. The Hall–Kier alpha value is -4.33. The number of fused-ring (bicyclic) bond motifs is 10. The second kappa shape index (κ2) is 8.41. The zero-order chi connectivity index (χ0) is 25.0. The molecule has 0 fully saturated rings. The molecular formula is C28H25N3O5. The molecule has 0 unspecified atom stereocenters. The normalized spacial score (nSPS) is 16.3. The number of esters is 1. The number of H-pyrrole nitrogens is 1. The summed E-state index contributed by atoms with van der Waals surface area (Å²) in [6.45, 7) is 3.98. The number of carbonyl (C=O) groups is 3. The lowest BCUT2D eigenvalue weighted by Gasteiger charge is -2.23. The number of benzene rings is 3. The molecule has 4 aromatic rings. The van der Waals surface area contributed by atoms with Crippen LogP contribution < -0.4 is 10.6 Å². The van der Waals surface area contributed by atoms with Gasteiger partial charge in [0.1, 0.15) is 12.6 Å². The van der Waals surface area contributed by atoms with E-state index < -0.39 is 18.2 Å². The third-order valence-electron chi connectivity index (χ3n) is 7.07. The largest absolute Gasteiger partial charge is 0.465 e. The Morgan fingerprint density at radius 2 is 1.89 bits per heavy atom. The minimum Gasteiger partial charge on any atom is -0.465 e. The Morgan fingerprint density at radius 3 is 2.72 bits per heavy atom. The Balaban J connectivity index is 1.50. The van der Waals surface area contributed by atoms with Gasteiger partial charge in [0.05, 0.1) is 17.7 Å². The minimum absolute atomic E-state index is 0.0929. The van der Waals surface area contributed by atoms with Gasteiger partial charge in [-0.05, 0) is 42.2 Å². The van der Waals surface area contributed by atoms with Crippen LogP contribution in [-0.4, -0.2) is 42.2 Å². The van der Waals surface area contributed by atoms with Crippen LogP contribution in [0, 0.1) is 0 Å². The van der Waals surface area contributed by atoms with Crippen molar-refractivity contribution >= 4 is 39.8 Å². The quantitative estimate of drug-likeness (QED) is 0.366. The Bertz CT molecular complexity index is 1570. The highest BCUT2D eigenvalue weighted by atomic mass is 16.6. The predicted molar refractivity (Wildman–Crippen MR) is 135 cm³/mol. The lowest BCUT2D eigenvalue weighted by Crippen LogP contribution is -2.34. The molecule has 1 aromatic heterocycles. The molecular weight excluding hydrogens is 458 g/mol. The van der Waals surface area contributed by atoms with Gasteiger partial charge in [-0.15, -0.1) is 0 Å². The number of para-hydroxylation sites is 1. The smallest absolute Gasteiger partial charge is 0.407 e. The number of rotatable bonds is 5. The van der Waals surface area contributed by atoms with Crippen molar-refractivity contribution in [2.75, 3.05) is 13.2 Å². The molecule has 36 heavy (non-hydrogen) atoms. The summed E-state index contributed by atoms with van der Waals surface area (Å²) in [7, 11) is 0. The van der Waals surface area contributed by atoms with Crippen molar-refractivity contribution in [1.29, 1.82) is 0 Å². The molecule has 2 heterocycles. The molecule has 182 valence electrons. The van der Waals surface area contributed by atoms with E-state index in [4.69, 9.17) is 9.47 Å². The first-order valence-electron chi connectivity index (χ1n) is 12.1. The number of hydrogen-bond acceptors (Lipinski definition) is 5. The van der Waals surface area contributed by atoms with Crippen LogP contribution in [0.1, 0.15) is 46.8 Å². The lowest BCUT2D eigenvalue weighted by atomic mass is 9.87. The summed E-state index contributed by atoms with van der Waals surface area (Å²) in [5.74, 6) is -0.927. The molecule has 6 rings (SSSR count). The minimum atomic E-state index is -0.701. The van der Waals surface area contributed by atoms with Gasteiger partial charge in [-0.2, -0.15) is 0 Å². The molecule has 8 nitrogen and oxygen atoms in total. The zero-order valence-corrected chi connectivity index (χ0v) is 19.9. The van der Waals surface area contributed by atoms with Crippen molar-refractivity contribution in [3.63, 3.8) is 0 Å². The van der Waals surface area contributed by atoms with Crippen molar-refractivity contribution in [3.8, 4) is 11.1 Å². The van der Waals surface area contributed by atoms with E-state index in [-0.39, 0.29) is 25.0 Å². The molecule has 3 N–H and O–H groups in total. The molecule has 2 amide bonds. The monoisotopic (exact) mass is 483 g/mol. The highest BCUT2D eigenvalue weighted by Gasteiger charge is 2.41. The molecule has 8 heteroatoms. The first-order chi connectivity index (χ1) is 17.5. The van der Waals surface area contributed by atoms with Crippen molar-refractivity contribution < 1.29 is 23.9 Å². The van der Waals surface area contributed by atoms with Crippen molar-refractivity contribution in [2.24, 2.45) is 0 Å². The first-order valence-corrected chi connectivity index (χ1v) is 12.1. The van der Waals surface area contributed by atoms with Crippen LogP contribution in [0.2, 0.25) is 0 Å². The van der Waals surface area contributed by atoms with Crippen LogP contribution in [0.5, 0.6) is 0 Å². The summed E-state index contributed by atoms with van der Waals surface area (Å²) in [4.78, 5) is 41.0. The predicted octanol–water partition coefficient (Wildman–Crippen LogP) is 4.35. The number of nitrogens with one attached hydrogen (secondary N) is 3. The van der Waals surface area contributed by atoms with E-state index >= 15 is 0 Å². The zero-order valence-electron chi connectivity index (χ0n) is 19.9. The van der Waals surface area contributed by atoms with Gasteiger partial charge in [-0.25, -0.2) is 4.79 Å². The summed E-state index contributed by atoms with van der Waals surface area (Å²) >= 11 is 0. The Kier molecular flexibility index (Phi) is 5.17. The average Bonchev–Trinajstić information content (AvgIpc) is 3.54. The number of carbonyl (C=O) groups excluding carboxylic acids is 3. The standard InChI is InChI=1S/C28H25N3O5/c1-3-35-20(32)13-30-28(34)36-14(2)21-15-8-4-5-9-16(15)23-24-18(12-29-27(24)33)22-17-10-6-7-11-19(17)31-26(22)25(21)23/h4-11,14,21,31H,3,12-13H2,1-2H3,(H,29,33)(H,30,34)/t14-,21+/m1/s1. The maximum atomic E-state index is 13.1. The number of hydrogen-bond donors (Lipinski definition) is 3. The van der Waals surface area contributed by atoms with E-state index in [1.165, 1.54) is 0 Å². The number of ether oxygens (including phenoxy) is 2. The van der Waals surface area contributed by atoms with Gasteiger partial charge in [0.15, 0.2) is 0 Å². The molecule has 2 atom stereocenters. The van der Waals surface area contributed by atoms with Gasteiger partial charge in [-0.3, -0.25) is 9.59 Å². The number of aromatic amines is 1. The van der Waals surface area contributed by atoms with E-state index in [1.54, 1.807) is 6.92 Å². The van der Waals surface area contributed by atoms with E-state index in [9.17, 15) is 14.4 Å². The van der Waals surface area contributed by atoms with Gasteiger partial charge in [0.2, 0.25) is 0 Å². The summed E-state index contributed by atoms with van der Waals surface area (Å²) in [6.07, 6.45) is -1.28. The third-order valence-corrected chi connectivity index (χ3v) is 7.07. The highest BCUT2D eigenvalue weighted by Crippen LogP contribution is 2.54. The maximum absolute atomic E-state index is 13.1. The van der Waals surface area contributed by atoms with Crippen LogP contribution >= 0.6 is 0 Å². The van der Waals surface area contributed by atoms with Crippen LogP contribution in [0.25, 0.3) is 32.9 Å². The fourth-order valence-corrected chi connectivity index (χ4v) is 5.74. The van der Waals surface area contributed by atoms with Crippen molar-refractivity contribution in [1.82, 2.24) is 15.6 Å². The summed E-state index contributed by atoms with van der Waals surface area (Å²) in [5.41, 5.74) is 7.41. The third kappa shape index (κ3) is 3.25. The molecule has 2 aliphatic rings. The fourth-order valence-electron chi connectivity index (χ4n) is 5.74. The molecule has 0 saturated heterocycles. The first kappa shape index (κ1) is 22.2. The summed E-state index contributed by atoms with van der Waals surface area (Å²) in [5, 5.41) is 7.56. The van der Waals surface area contributed by atoms with Crippen LogP contribution in [-0.2, 0) is 20.8 Å². The molecule has 1 aliphatic carbocycles. The second-order valence-corrected chi connectivity index (χ2v) is 9.08. The summed E-state index contributed by atoms with van der Waals surface area (Å²) < 4.78 is 10.6. The SMILES string of the molecule is CCOC(=O)CNC(=O)O[C@H](C)[C@H]1c2ccccc2-c2c3c(c4c([nH]c5ccccc54)c21)CNC3=O. The lowest BCUT2D eigenvalue weighted by molar-refractivity contribution is -0.141. The molecule has 0 spiro atoms. The van der Waals surface area contributed by atoms with Crippen molar-refractivity contribution in [3.05, 3.63) is 70.8 Å². The molecule has 0 bridgehead atoms. The van der Waals surface area contributed by atoms with E-state index in [0.717, 1.165) is 49.6 Å². The Labute approximate surface area is 207 Å². The van der Waals surface area contributed by atoms with E-state index in [0.29, 0.717) is 12.1 Å². The van der Waals surface area contributed by atoms with Crippen molar-refractivity contribution in [2.45, 2.75) is 32.4 Å². The van der Waals surface area contributed by atoms with Gasteiger partial charge >= 0.3 is 12.1 Å². The van der Waals surface area contributed by atoms with Crippen LogP contribution in [0.15, 0.2) is 48.5 Å². The van der Waals surface area contributed by atoms with Crippen LogP contribution in [0.3, 0.4) is 0 Å². The van der Waals surface area contributed by atoms with Gasteiger partial charge in [0.25, 0.3) is 5.91 Å². The number of aromatic nitrogens is 1.